The van der Waals surface area contributed by atoms with Crippen molar-refractivity contribution in [3.05, 3.63) is 57.3 Å². The highest BCUT2D eigenvalue weighted by Gasteiger charge is 2.24. The van der Waals surface area contributed by atoms with Crippen LogP contribution in [0.1, 0.15) is 19.0 Å². The minimum absolute atomic E-state index is 0.0112. The molecule has 0 saturated carbocycles. The molecule has 34 heavy (non-hydrogen) atoms. The molecule has 3 aromatic rings. The lowest BCUT2D eigenvalue weighted by Crippen LogP contribution is -2.48. The molecule has 1 fully saturated rings. The fourth-order valence-electron chi connectivity index (χ4n) is 4.28. The van der Waals surface area contributed by atoms with E-state index in [0.29, 0.717) is 18.1 Å². The van der Waals surface area contributed by atoms with Gasteiger partial charge in [-0.15, -0.1) is 11.3 Å². The number of hydrogen-bond donors (Lipinski definition) is 0. The predicted octanol–water partition coefficient (Wildman–Crippen LogP) is 3.41. The molecule has 0 aliphatic carbocycles. The van der Waals surface area contributed by atoms with Crippen LogP contribution in [0.3, 0.4) is 0 Å². The molecule has 1 aliphatic rings. The van der Waals surface area contributed by atoms with Crippen molar-refractivity contribution in [2.75, 3.05) is 39.0 Å². The first-order valence-electron chi connectivity index (χ1n) is 11.3. The van der Waals surface area contributed by atoms with E-state index in [4.69, 9.17) is 11.6 Å². The van der Waals surface area contributed by atoms with Crippen molar-refractivity contribution in [3.8, 4) is 0 Å². The average molecular weight is 521 g/mol. The van der Waals surface area contributed by atoms with Gasteiger partial charge in [-0.3, -0.25) is 14.7 Å². The molecule has 1 amide bonds. The largest absolute Gasteiger partial charge is 0.340 e. The Morgan fingerprint density at radius 2 is 1.79 bits per heavy atom. The number of thiazole rings is 1. The van der Waals surface area contributed by atoms with E-state index >= 15 is 0 Å². The molecule has 0 unspecified atom stereocenters. The second-order valence-corrected chi connectivity index (χ2v) is 11.7. The third-order valence-corrected chi connectivity index (χ3v) is 9.17. The van der Waals surface area contributed by atoms with Gasteiger partial charge < -0.3 is 9.47 Å². The standard InChI is InChI=1S/C24H29ClN4O3S2/c1-3-29-21(17-33-24(29)26-2)16-27-9-11-28(12-10-27)23(30)8-13-34(31,32)22-7-5-18-14-20(25)6-4-19(18)15-22/h4-7,14-15,17H,3,8-13,16H2,1-2H3. The molecule has 2 aromatic carbocycles. The van der Waals surface area contributed by atoms with Crippen molar-refractivity contribution in [1.82, 2.24) is 14.4 Å². The number of hydrogen-bond acceptors (Lipinski definition) is 6. The SMILES string of the molecule is CCn1c(CN2CCN(C(=O)CCS(=O)(=O)c3ccc4cc(Cl)ccc4c3)CC2)csc1=NC. The molecule has 182 valence electrons. The van der Waals surface area contributed by atoms with Crippen LogP contribution < -0.4 is 4.80 Å². The highest BCUT2D eigenvalue weighted by atomic mass is 35.5. The summed E-state index contributed by atoms with van der Waals surface area (Å²) in [7, 11) is -1.75. The molecular formula is C24H29ClN4O3S2. The van der Waals surface area contributed by atoms with Gasteiger partial charge in [0.25, 0.3) is 0 Å². The Labute approximate surface area is 209 Å². The lowest BCUT2D eigenvalue weighted by atomic mass is 10.1. The number of sulfone groups is 1. The molecule has 7 nitrogen and oxygen atoms in total. The van der Waals surface area contributed by atoms with E-state index in [0.717, 1.165) is 41.8 Å². The predicted molar refractivity (Wildman–Crippen MR) is 137 cm³/mol. The summed E-state index contributed by atoms with van der Waals surface area (Å²) in [6.45, 7) is 6.57. The number of rotatable bonds is 7. The Balaban J connectivity index is 1.32. The maximum Gasteiger partial charge on any atom is 0.223 e. The molecular weight excluding hydrogens is 492 g/mol. The summed E-state index contributed by atoms with van der Waals surface area (Å²) in [6, 6.07) is 10.3. The van der Waals surface area contributed by atoms with E-state index in [1.807, 2.05) is 7.05 Å². The first-order chi connectivity index (χ1) is 16.3. The molecule has 10 heteroatoms. The summed E-state index contributed by atoms with van der Waals surface area (Å²) < 4.78 is 27.9. The maximum absolute atomic E-state index is 12.9. The second kappa shape index (κ2) is 10.6. The fraction of sp³-hybridized carbons (Fsp3) is 0.417. The van der Waals surface area contributed by atoms with Gasteiger partial charge in [-0.2, -0.15) is 0 Å². The van der Waals surface area contributed by atoms with Crippen LogP contribution in [-0.4, -0.2) is 67.7 Å². The minimum atomic E-state index is -3.56. The van der Waals surface area contributed by atoms with Crippen LogP contribution >= 0.6 is 22.9 Å². The van der Waals surface area contributed by atoms with Gasteiger partial charge in [-0.05, 0) is 42.0 Å². The van der Waals surface area contributed by atoms with Crippen LogP contribution in [0.2, 0.25) is 5.02 Å². The molecule has 1 aliphatic heterocycles. The summed E-state index contributed by atoms with van der Waals surface area (Å²) >= 11 is 7.65. The average Bonchev–Trinajstić information content (AvgIpc) is 3.24. The van der Waals surface area contributed by atoms with Crippen LogP contribution in [0.4, 0.5) is 0 Å². The quantitative estimate of drug-likeness (QED) is 0.478. The number of fused-ring (bicyclic) bond motifs is 1. The Bertz CT molecular complexity index is 1360. The van der Waals surface area contributed by atoms with Crippen LogP contribution in [0.15, 0.2) is 51.7 Å². The van der Waals surface area contributed by atoms with E-state index in [1.165, 1.54) is 5.69 Å². The van der Waals surface area contributed by atoms with Crippen molar-refractivity contribution in [3.63, 3.8) is 0 Å². The molecule has 0 bridgehead atoms. The summed E-state index contributed by atoms with van der Waals surface area (Å²) in [4.78, 5) is 22.4. The van der Waals surface area contributed by atoms with Crippen LogP contribution in [0, 0.1) is 0 Å². The van der Waals surface area contributed by atoms with E-state index in [9.17, 15) is 13.2 Å². The van der Waals surface area contributed by atoms with E-state index in [1.54, 1.807) is 52.6 Å². The van der Waals surface area contributed by atoms with Gasteiger partial charge in [0.15, 0.2) is 14.6 Å². The first kappa shape index (κ1) is 24.9. The zero-order valence-corrected chi connectivity index (χ0v) is 21.8. The monoisotopic (exact) mass is 520 g/mol. The number of piperazine rings is 1. The molecule has 1 saturated heterocycles. The Morgan fingerprint density at radius 3 is 2.50 bits per heavy atom. The minimum Gasteiger partial charge on any atom is -0.340 e. The van der Waals surface area contributed by atoms with Crippen molar-refractivity contribution in [2.24, 2.45) is 4.99 Å². The normalized spacial score (nSPS) is 15.9. The summed E-state index contributed by atoms with van der Waals surface area (Å²) in [5.41, 5.74) is 1.23. The first-order valence-corrected chi connectivity index (χ1v) is 14.2. The third-order valence-electron chi connectivity index (χ3n) is 6.21. The van der Waals surface area contributed by atoms with Crippen LogP contribution in [0.5, 0.6) is 0 Å². The Morgan fingerprint density at radius 1 is 1.09 bits per heavy atom. The Kier molecular flexibility index (Phi) is 7.77. The summed E-state index contributed by atoms with van der Waals surface area (Å²) in [5, 5.41) is 4.44. The molecule has 2 heterocycles. The van der Waals surface area contributed by atoms with Gasteiger partial charge in [0, 0.05) is 68.8 Å². The van der Waals surface area contributed by atoms with E-state index < -0.39 is 9.84 Å². The maximum atomic E-state index is 12.9. The Hall–Kier alpha value is -2.20. The number of nitrogens with zero attached hydrogens (tertiary/aromatic N) is 4. The zero-order valence-electron chi connectivity index (χ0n) is 19.4. The van der Waals surface area contributed by atoms with E-state index in [-0.39, 0.29) is 23.0 Å². The fourth-order valence-corrected chi connectivity index (χ4v) is 6.64. The van der Waals surface area contributed by atoms with Gasteiger partial charge in [-0.25, -0.2) is 8.42 Å². The van der Waals surface area contributed by atoms with Crippen molar-refractivity contribution < 1.29 is 13.2 Å². The smallest absolute Gasteiger partial charge is 0.223 e. The van der Waals surface area contributed by atoms with E-state index in [2.05, 4.69) is 26.8 Å². The van der Waals surface area contributed by atoms with Crippen molar-refractivity contribution in [1.29, 1.82) is 0 Å². The highest BCUT2D eigenvalue weighted by molar-refractivity contribution is 7.91. The zero-order chi connectivity index (χ0) is 24.3. The topological polar surface area (TPSA) is 75.0 Å². The van der Waals surface area contributed by atoms with Crippen molar-refractivity contribution >= 4 is 49.5 Å². The van der Waals surface area contributed by atoms with Gasteiger partial charge >= 0.3 is 0 Å². The highest BCUT2D eigenvalue weighted by Crippen LogP contribution is 2.23. The number of amides is 1. The molecule has 0 spiro atoms. The van der Waals surface area contributed by atoms with Crippen molar-refractivity contribution in [2.45, 2.75) is 31.3 Å². The van der Waals surface area contributed by atoms with Crippen LogP contribution in [0.25, 0.3) is 10.8 Å². The number of aromatic nitrogens is 1. The molecule has 4 rings (SSSR count). The molecule has 0 radical (unpaired) electrons. The number of carbonyl (C=O) groups excluding carboxylic acids is 1. The summed E-state index contributed by atoms with van der Waals surface area (Å²) in [6.07, 6.45) is -0.0112. The van der Waals surface area contributed by atoms with Crippen LogP contribution in [-0.2, 0) is 27.7 Å². The lowest BCUT2D eigenvalue weighted by Gasteiger charge is -2.34. The second-order valence-electron chi connectivity index (χ2n) is 8.36. The summed E-state index contributed by atoms with van der Waals surface area (Å²) in [5.74, 6) is -0.304. The molecule has 1 aromatic heterocycles. The van der Waals surface area contributed by atoms with Gasteiger partial charge in [0.2, 0.25) is 5.91 Å². The third kappa shape index (κ3) is 5.54. The number of halogens is 1. The number of carbonyl (C=O) groups is 1. The molecule has 0 atom stereocenters. The van der Waals surface area contributed by atoms with Gasteiger partial charge in [0.1, 0.15) is 0 Å². The number of benzene rings is 2. The molecule has 0 N–H and O–H groups in total. The van der Waals surface area contributed by atoms with Gasteiger partial charge in [-0.1, -0.05) is 23.7 Å². The lowest BCUT2D eigenvalue weighted by molar-refractivity contribution is -0.132. The van der Waals surface area contributed by atoms with Gasteiger partial charge in [0.05, 0.1) is 10.6 Å².